The smallest absolute Gasteiger partial charge is 0.224 e. The first-order valence-electron chi connectivity index (χ1n) is 9.15. The molecule has 4 nitrogen and oxygen atoms in total. The minimum atomic E-state index is -0.362. The molecule has 1 aliphatic heterocycles. The van der Waals surface area contributed by atoms with Gasteiger partial charge in [-0.25, -0.2) is 4.39 Å². The van der Waals surface area contributed by atoms with Gasteiger partial charge in [0.2, 0.25) is 5.91 Å². The third-order valence-corrected chi connectivity index (χ3v) is 4.83. The molecular weight excluding hydrogens is 331 g/mol. The molecule has 0 saturated carbocycles. The highest BCUT2D eigenvalue weighted by Crippen LogP contribution is 2.30. The molecule has 0 spiro atoms. The molecule has 1 saturated heterocycles. The van der Waals surface area contributed by atoms with Crippen molar-refractivity contribution in [3.8, 4) is 11.5 Å². The lowest BCUT2D eigenvalue weighted by Gasteiger charge is -2.28. The number of amides is 1. The van der Waals surface area contributed by atoms with E-state index in [-0.39, 0.29) is 11.7 Å². The van der Waals surface area contributed by atoms with Crippen molar-refractivity contribution in [1.82, 2.24) is 5.32 Å². The summed E-state index contributed by atoms with van der Waals surface area (Å²) in [4.78, 5) is 12.5. The molecule has 5 heteroatoms. The Morgan fingerprint density at radius 3 is 2.92 bits per heavy atom. The first-order valence-corrected chi connectivity index (χ1v) is 9.15. The SMILES string of the molecule is CC(CC(=O)Nc1ccccc1Oc1cccc(F)c1)C1CCCNC1. The number of nitrogens with one attached hydrogen (secondary N) is 2. The molecule has 0 bridgehead atoms. The first kappa shape index (κ1) is 18.4. The van der Waals surface area contributed by atoms with Crippen LogP contribution in [0.4, 0.5) is 10.1 Å². The number of carbonyl (C=O) groups is 1. The summed E-state index contributed by atoms with van der Waals surface area (Å²) >= 11 is 0. The van der Waals surface area contributed by atoms with Crippen molar-refractivity contribution in [1.29, 1.82) is 0 Å². The second-order valence-electron chi connectivity index (χ2n) is 6.89. The Morgan fingerprint density at radius 1 is 1.31 bits per heavy atom. The van der Waals surface area contributed by atoms with E-state index < -0.39 is 0 Å². The third kappa shape index (κ3) is 5.05. The van der Waals surface area contributed by atoms with Crippen molar-refractivity contribution >= 4 is 11.6 Å². The second kappa shape index (κ2) is 8.81. The van der Waals surface area contributed by atoms with E-state index >= 15 is 0 Å². The molecule has 138 valence electrons. The lowest BCUT2D eigenvalue weighted by atomic mass is 9.85. The Balaban J connectivity index is 1.63. The van der Waals surface area contributed by atoms with Crippen molar-refractivity contribution in [2.75, 3.05) is 18.4 Å². The lowest BCUT2D eigenvalue weighted by Crippen LogP contribution is -2.34. The van der Waals surface area contributed by atoms with Crippen molar-refractivity contribution in [2.45, 2.75) is 26.2 Å². The number of carbonyl (C=O) groups excluding carboxylic acids is 1. The summed E-state index contributed by atoms with van der Waals surface area (Å²) < 4.78 is 19.1. The average molecular weight is 356 g/mol. The van der Waals surface area contributed by atoms with Gasteiger partial charge in [0.25, 0.3) is 0 Å². The number of para-hydroxylation sites is 2. The van der Waals surface area contributed by atoms with Crippen LogP contribution in [-0.2, 0) is 4.79 Å². The monoisotopic (exact) mass is 356 g/mol. The number of halogens is 1. The summed E-state index contributed by atoms with van der Waals surface area (Å²) in [5.74, 6) is 1.36. The molecule has 0 aliphatic carbocycles. The number of benzene rings is 2. The molecule has 0 aromatic heterocycles. The Labute approximate surface area is 153 Å². The predicted molar refractivity (Wildman–Crippen MR) is 101 cm³/mol. The number of piperidine rings is 1. The molecule has 1 amide bonds. The van der Waals surface area contributed by atoms with Crippen LogP contribution in [-0.4, -0.2) is 19.0 Å². The molecule has 1 fully saturated rings. The van der Waals surface area contributed by atoms with Gasteiger partial charge in [-0.1, -0.05) is 25.1 Å². The fraction of sp³-hybridized carbons (Fsp3) is 0.381. The van der Waals surface area contributed by atoms with Crippen LogP contribution in [0.3, 0.4) is 0 Å². The van der Waals surface area contributed by atoms with Gasteiger partial charge in [-0.3, -0.25) is 4.79 Å². The van der Waals surface area contributed by atoms with Crippen molar-refractivity contribution in [3.05, 3.63) is 54.3 Å². The van der Waals surface area contributed by atoms with Gasteiger partial charge in [-0.15, -0.1) is 0 Å². The maximum atomic E-state index is 13.3. The number of ether oxygens (including phenoxy) is 1. The summed E-state index contributed by atoms with van der Waals surface area (Å²) in [6.45, 7) is 4.18. The summed E-state index contributed by atoms with van der Waals surface area (Å²) in [5.41, 5.74) is 0.593. The average Bonchev–Trinajstić information content (AvgIpc) is 2.64. The largest absolute Gasteiger partial charge is 0.455 e. The molecular formula is C21H25FN2O2. The van der Waals surface area contributed by atoms with Gasteiger partial charge in [0, 0.05) is 12.5 Å². The summed E-state index contributed by atoms with van der Waals surface area (Å²) in [6, 6.07) is 13.2. The van der Waals surface area contributed by atoms with Crippen molar-refractivity contribution in [2.24, 2.45) is 11.8 Å². The number of hydrogen-bond acceptors (Lipinski definition) is 3. The van der Waals surface area contributed by atoms with E-state index in [4.69, 9.17) is 4.74 Å². The van der Waals surface area contributed by atoms with Crippen LogP contribution >= 0.6 is 0 Å². The van der Waals surface area contributed by atoms with Gasteiger partial charge < -0.3 is 15.4 Å². The zero-order valence-corrected chi connectivity index (χ0v) is 15.0. The highest BCUT2D eigenvalue weighted by atomic mass is 19.1. The van der Waals surface area contributed by atoms with Gasteiger partial charge in [0.1, 0.15) is 11.6 Å². The summed E-state index contributed by atoms with van der Waals surface area (Å²) in [7, 11) is 0. The highest BCUT2D eigenvalue weighted by molar-refractivity contribution is 5.92. The molecule has 2 atom stereocenters. The van der Waals surface area contributed by atoms with Gasteiger partial charge >= 0.3 is 0 Å². The second-order valence-corrected chi connectivity index (χ2v) is 6.89. The van der Waals surface area contributed by atoms with Crippen LogP contribution in [0.25, 0.3) is 0 Å². The quantitative estimate of drug-likeness (QED) is 0.796. The number of anilines is 1. The lowest BCUT2D eigenvalue weighted by molar-refractivity contribution is -0.117. The molecule has 3 rings (SSSR count). The molecule has 2 aromatic rings. The molecule has 2 aromatic carbocycles. The Hall–Kier alpha value is -2.40. The van der Waals surface area contributed by atoms with Crippen LogP contribution in [0.2, 0.25) is 0 Å². The summed E-state index contributed by atoms with van der Waals surface area (Å²) in [5, 5.41) is 6.33. The normalized spacial score (nSPS) is 18.2. The van der Waals surface area contributed by atoms with Crippen LogP contribution in [0.5, 0.6) is 11.5 Å². The van der Waals surface area contributed by atoms with Gasteiger partial charge in [-0.05, 0) is 62.0 Å². The molecule has 26 heavy (non-hydrogen) atoms. The number of rotatable bonds is 6. The van der Waals surface area contributed by atoms with Crippen molar-refractivity contribution in [3.63, 3.8) is 0 Å². The highest BCUT2D eigenvalue weighted by Gasteiger charge is 2.22. The van der Waals surface area contributed by atoms with E-state index in [0.717, 1.165) is 13.1 Å². The van der Waals surface area contributed by atoms with Crippen LogP contribution in [0, 0.1) is 17.7 Å². The van der Waals surface area contributed by atoms with Gasteiger partial charge in [0.05, 0.1) is 5.69 Å². The standard InChI is InChI=1S/C21H25FN2O2/c1-15(16-6-5-11-23-14-16)12-21(25)24-19-9-2-3-10-20(19)26-18-8-4-7-17(22)13-18/h2-4,7-10,13,15-16,23H,5-6,11-12,14H2,1H3,(H,24,25). The summed E-state index contributed by atoms with van der Waals surface area (Å²) in [6.07, 6.45) is 2.81. The van der Waals surface area contributed by atoms with Crippen molar-refractivity contribution < 1.29 is 13.9 Å². The topological polar surface area (TPSA) is 50.4 Å². The molecule has 2 N–H and O–H groups in total. The molecule has 0 radical (unpaired) electrons. The van der Waals surface area contributed by atoms with Gasteiger partial charge in [0.15, 0.2) is 5.75 Å². The zero-order valence-electron chi connectivity index (χ0n) is 15.0. The van der Waals surface area contributed by atoms with E-state index in [1.165, 1.54) is 25.0 Å². The first-order chi connectivity index (χ1) is 12.6. The third-order valence-electron chi connectivity index (χ3n) is 4.83. The van der Waals surface area contributed by atoms with E-state index in [0.29, 0.717) is 35.4 Å². The predicted octanol–water partition coefficient (Wildman–Crippen LogP) is 4.58. The van der Waals surface area contributed by atoms with Gasteiger partial charge in [-0.2, -0.15) is 0 Å². The van der Waals surface area contributed by atoms with E-state index in [9.17, 15) is 9.18 Å². The Morgan fingerprint density at radius 2 is 2.15 bits per heavy atom. The van der Waals surface area contributed by atoms with Crippen LogP contribution in [0.1, 0.15) is 26.2 Å². The zero-order chi connectivity index (χ0) is 18.4. The maximum Gasteiger partial charge on any atom is 0.224 e. The molecule has 1 aliphatic rings. The molecule has 1 heterocycles. The van der Waals surface area contributed by atoms with E-state index in [1.54, 1.807) is 24.3 Å². The minimum Gasteiger partial charge on any atom is -0.455 e. The Kier molecular flexibility index (Phi) is 6.23. The fourth-order valence-electron chi connectivity index (χ4n) is 3.34. The Bertz CT molecular complexity index is 744. The minimum absolute atomic E-state index is 0.0293. The molecule has 2 unspecified atom stereocenters. The fourth-order valence-corrected chi connectivity index (χ4v) is 3.34. The maximum absolute atomic E-state index is 13.3. The van der Waals surface area contributed by atoms with E-state index in [2.05, 4.69) is 17.6 Å². The van der Waals surface area contributed by atoms with Crippen LogP contribution < -0.4 is 15.4 Å². The van der Waals surface area contributed by atoms with Crippen LogP contribution in [0.15, 0.2) is 48.5 Å². The van der Waals surface area contributed by atoms with E-state index in [1.807, 2.05) is 12.1 Å². The number of hydrogen-bond donors (Lipinski definition) is 2.